The summed E-state index contributed by atoms with van der Waals surface area (Å²) >= 11 is 1.61. The van der Waals surface area contributed by atoms with E-state index in [0.717, 1.165) is 41.3 Å². The number of hydrogen-bond donors (Lipinski definition) is 3. The van der Waals surface area contributed by atoms with E-state index in [1.165, 1.54) is 15.8 Å². The number of H-pyrrole nitrogens is 1. The zero-order chi connectivity index (χ0) is 21.9. The lowest BCUT2D eigenvalue weighted by atomic mass is 9.96. The maximum absolute atomic E-state index is 13.2. The van der Waals surface area contributed by atoms with E-state index in [9.17, 15) is 4.79 Å². The van der Waals surface area contributed by atoms with Crippen molar-refractivity contribution < 1.29 is 4.79 Å². The molecular weight excluding hydrogens is 408 g/mol. The maximum atomic E-state index is 13.2. The molecule has 5 rings (SSSR count). The lowest BCUT2D eigenvalue weighted by Gasteiger charge is -2.38. The molecule has 0 spiro atoms. The Morgan fingerprint density at radius 3 is 2.90 bits per heavy atom. The Bertz CT molecular complexity index is 1130. The van der Waals surface area contributed by atoms with Crippen LogP contribution in [-0.2, 0) is 0 Å². The van der Waals surface area contributed by atoms with Gasteiger partial charge in [0.05, 0.1) is 20.8 Å². The van der Waals surface area contributed by atoms with Gasteiger partial charge in [0, 0.05) is 36.9 Å². The third-order valence-electron chi connectivity index (χ3n) is 6.22. The number of piperazine rings is 1. The summed E-state index contributed by atoms with van der Waals surface area (Å²) in [6.07, 6.45) is 6.16. The van der Waals surface area contributed by atoms with E-state index >= 15 is 0 Å². The van der Waals surface area contributed by atoms with E-state index in [4.69, 9.17) is 0 Å². The monoisotopic (exact) mass is 438 g/mol. The molecule has 5 heterocycles. The lowest BCUT2D eigenvalue weighted by molar-refractivity contribution is 0.0657. The summed E-state index contributed by atoms with van der Waals surface area (Å²) in [5.41, 5.74) is 5.73. The molecule has 1 fully saturated rings. The van der Waals surface area contributed by atoms with Crippen LogP contribution in [0.25, 0.3) is 15.8 Å². The van der Waals surface area contributed by atoms with E-state index in [-0.39, 0.29) is 17.6 Å². The van der Waals surface area contributed by atoms with E-state index < -0.39 is 0 Å². The second kappa shape index (κ2) is 7.24. The number of carbonyl (C=O) groups is 1. The van der Waals surface area contributed by atoms with Gasteiger partial charge < -0.3 is 20.5 Å². The standard InChI is InChI=1S/C23H30N6OS/c1-13(2)18-19(15-8-14(3)21-24-12-26-29(21)10-15)27-16-9-17(31-20(16)18)22(30)28-7-6-25-23(4,5)11-28/h8-10,12-13,21,25,27H,6-7,11H2,1-5H3,(H,24,26). The molecule has 0 aromatic carbocycles. The summed E-state index contributed by atoms with van der Waals surface area (Å²) in [5.74, 6) is 0.462. The van der Waals surface area contributed by atoms with Gasteiger partial charge in [-0.25, -0.2) is 5.01 Å². The number of rotatable bonds is 3. The fraction of sp³-hybridized carbons (Fsp3) is 0.478. The number of amides is 1. The highest BCUT2D eigenvalue weighted by Crippen LogP contribution is 2.40. The first-order valence-electron chi connectivity index (χ1n) is 10.9. The lowest BCUT2D eigenvalue weighted by Crippen LogP contribution is -2.58. The molecule has 1 atom stereocenters. The van der Waals surface area contributed by atoms with Crippen molar-refractivity contribution in [3.8, 4) is 0 Å². The smallest absolute Gasteiger partial charge is 0.264 e. The Kier molecular flexibility index (Phi) is 4.75. The molecule has 7 nitrogen and oxygen atoms in total. The van der Waals surface area contributed by atoms with Crippen LogP contribution in [-0.4, -0.2) is 58.5 Å². The van der Waals surface area contributed by atoms with Gasteiger partial charge in [0.15, 0.2) is 0 Å². The number of allylic oxidation sites excluding steroid dienone is 2. The van der Waals surface area contributed by atoms with Gasteiger partial charge in [-0.3, -0.25) is 4.79 Å². The van der Waals surface area contributed by atoms with Gasteiger partial charge >= 0.3 is 0 Å². The van der Waals surface area contributed by atoms with Crippen LogP contribution in [0.3, 0.4) is 0 Å². The molecule has 3 aliphatic rings. The molecule has 1 amide bonds. The van der Waals surface area contributed by atoms with Gasteiger partial charge in [0.1, 0.15) is 12.5 Å². The predicted octanol–water partition coefficient (Wildman–Crippen LogP) is 3.65. The highest BCUT2D eigenvalue weighted by atomic mass is 32.1. The van der Waals surface area contributed by atoms with Crippen molar-refractivity contribution in [2.75, 3.05) is 19.6 Å². The molecule has 0 aliphatic carbocycles. The van der Waals surface area contributed by atoms with Crippen molar-refractivity contribution in [3.05, 3.63) is 40.0 Å². The highest BCUT2D eigenvalue weighted by molar-refractivity contribution is 7.21. The highest BCUT2D eigenvalue weighted by Gasteiger charge is 2.31. The molecule has 3 aliphatic heterocycles. The van der Waals surface area contributed by atoms with E-state index in [0.29, 0.717) is 5.92 Å². The molecule has 0 bridgehead atoms. The molecule has 3 N–H and O–H groups in total. The Morgan fingerprint density at radius 2 is 2.16 bits per heavy atom. The Hall–Kier alpha value is -2.58. The molecule has 2 aromatic heterocycles. The van der Waals surface area contributed by atoms with Crippen molar-refractivity contribution in [3.63, 3.8) is 0 Å². The minimum Gasteiger partial charge on any atom is -0.354 e. The van der Waals surface area contributed by atoms with E-state index in [2.05, 4.69) is 67.6 Å². The normalized spacial score (nSPS) is 22.6. The zero-order valence-corrected chi connectivity index (χ0v) is 19.6. The Morgan fingerprint density at radius 1 is 1.35 bits per heavy atom. The summed E-state index contributed by atoms with van der Waals surface area (Å²) < 4.78 is 1.18. The van der Waals surface area contributed by atoms with Crippen LogP contribution >= 0.6 is 11.3 Å². The number of nitrogens with zero attached hydrogens (tertiary/aromatic N) is 3. The number of carbonyl (C=O) groups excluding carboxylic acids is 1. The van der Waals surface area contributed by atoms with Crippen molar-refractivity contribution in [1.29, 1.82) is 0 Å². The van der Waals surface area contributed by atoms with E-state index in [1.807, 2.05) is 16.0 Å². The van der Waals surface area contributed by atoms with Crippen LogP contribution in [0.2, 0.25) is 0 Å². The summed E-state index contributed by atoms with van der Waals surface area (Å²) in [6, 6.07) is 2.03. The van der Waals surface area contributed by atoms with Gasteiger partial charge in [-0.05, 0) is 50.0 Å². The molecule has 164 valence electrons. The van der Waals surface area contributed by atoms with Gasteiger partial charge in [0.25, 0.3) is 5.91 Å². The first kappa shape index (κ1) is 20.3. The predicted molar refractivity (Wildman–Crippen MR) is 127 cm³/mol. The number of aromatic nitrogens is 1. The molecule has 1 unspecified atom stereocenters. The molecule has 1 saturated heterocycles. The van der Waals surface area contributed by atoms with Crippen LogP contribution in [0.5, 0.6) is 0 Å². The van der Waals surface area contributed by atoms with Gasteiger partial charge in [-0.15, -0.1) is 11.3 Å². The molecule has 31 heavy (non-hydrogen) atoms. The zero-order valence-electron chi connectivity index (χ0n) is 18.7. The molecule has 0 saturated carbocycles. The molecular formula is C23H30N6OS. The number of fused-ring (bicyclic) bond motifs is 2. The summed E-state index contributed by atoms with van der Waals surface area (Å²) in [4.78, 5) is 19.6. The number of hydrogen-bond acceptors (Lipinski definition) is 6. The summed E-state index contributed by atoms with van der Waals surface area (Å²) in [7, 11) is 0. The fourth-order valence-corrected chi connectivity index (χ4v) is 6.04. The topological polar surface area (TPSA) is 75.8 Å². The quantitative estimate of drug-likeness (QED) is 0.684. The van der Waals surface area contributed by atoms with Crippen LogP contribution in [0.4, 0.5) is 0 Å². The van der Waals surface area contributed by atoms with Gasteiger partial charge in [-0.2, -0.15) is 5.10 Å². The average molecular weight is 439 g/mol. The van der Waals surface area contributed by atoms with Crippen LogP contribution in [0.1, 0.15) is 61.5 Å². The van der Waals surface area contributed by atoms with Gasteiger partial charge in [0.2, 0.25) is 0 Å². The van der Waals surface area contributed by atoms with E-state index in [1.54, 1.807) is 17.7 Å². The van der Waals surface area contributed by atoms with Crippen molar-refractivity contribution in [1.82, 2.24) is 25.5 Å². The minimum absolute atomic E-state index is 0.0509. The summed E-state index contributed by atoms with van der Waals surface area (Å²) in [6.45, 7) is 13.1. The SMILES string of the molecule is CC1=CC(c2[nH]c3cc(C(=O)N4CCNC(C)(C)C4)sc3c2C(C)C)=CN2N=CNC12. The first-order chi connectivity index (χ1) is 14.7. The first-order valence-corrected chi connectivity index (χ1v) is 11.7. The second-order valence-corrected chi connectivity index (χ2v) is 10.7. The number of aromatic amines is 1. The van der Waals surface area contributed by atoms with Crippen molar-refractivity contribution in [2.45, 2.75) is 52.2 Å². The Labute approximate surface area is 186 Å². The van der Waals surface area contributed by atoms with Crippen LogP contribution in [0, 0.1) is 0 Å². The Balaban J connectivity index is 1.51. The average Bonchev–Trinajstić information content (AvgIpc) is 3.40. The molecule has 0 radical (unpaired) electrons. The van der Waals surface area contributed by atoms with Gasteiger partial charge in [-0.1, -0.05) is 13.8 Å². The van der Waals surface area contributed by atoms with Crippen LogP contribution < -0.4 is 10.6 Å². The summed E-state index contributed by atoms with van der Waals surface area (Å²) in [5, 5.41) is 13.1. The number of nitrogens with one attached hydrogen (secondary N) is 3. The third-order valence-corrected chi connectivity index (χ3v) is 7.37. The van der Waals surface area contributed by atoms with Crippen LogP contribution in [0.15, 0.2) is 29.0 Å². The fourth-order valence-electron chi connectivity index (χ4n) is 4.76. The maximum Gasteiger partial charge on any atom is 0.264 e. The largest absolute Gasteiger partial charge is 0.354 e. The van der Waals surface area contributed by atoms with Crippen molar-refractivity contribution in [2.24, 2.45) is 5.10 Å². The number of thiophene rings is 1. The third kappa shape index (κ3) is 3.47. The molecule has 2 aromatic rings. The molecule has 8 heteroatoms. The minimum atomic E-state index is -0.0509. The van der Waals surface area contributed by atoms with Crippen molar-refractivity contribution >= 4 is 39.4 Å². The number of hydrazone groups is 1. The second-order valence-electron chi connectivity index (χ2n) is 9.63.